The minimum absolute atomic E-state index is 0.659. The third-order valence-corrected chi connectivity index (χ3v) is 3.26. The minimum Gasteiger partial charge on any atom is -0.467 e. The Labute approximate surface area is 115 Å². The van der Waals surface area contributed by atoms with Gasteiger partial charge < -0.3 is 9.32 Å². The standard InChI is InChI=1S/C14H14BrNO2/c1-2-16(9-13-4-3-7-18-13)14-6-5-12(15)8-11(14)10-17/h3-8,10H,2,9H2,1H3. The van der Waals surface area contributed by atoms with E-state index in [1.54, 1.807) is 6.26 Å². The fourth-order valence-corrected chi connectivity index (χ4v) is 2.24. The van der Waals surface area contributed by atoms with Crippen LogP contribution in [-0.4, -0.2) is 12.8 Å². The first-order chi connectivity index (χ1) is 8.74. The van der Waals surface area contributed by atoms with Gasteiger partial charge in [0, 0.05) is 22.3 Å². The molecule has 0 spiro atoms. The first-order valence-corrected chi connectivity index (χ1v) is 6.56. The highest BCUT2D eigenvalue weighted by atomic mass is 79.9. The van der Waals surface area contributed by atoms with Crippen LogP contribution in [0.4, 0.5) is 5.69 Å². The molecule has 0 saturated heterocycles. The highest BCUT2D eigenvalue weighted by Gasteiger charge is 2.11. The predicted octanol–water partition coefficient (Wildman–Crippen LogP) is 3.88. The fraction of sp³-hybridized carbons (Fsp3) is 0.214. The Morgan fingerprint density at radius 3 is 2.83 bits per heavy atom. The maximum Gasteiger partial charge on any atom is 0.152 e. The van der Waals surface area contributed by atoms with Gasteiger partial charge in [0.15, 0.2) is 6.29 Å². The Hall–Kier alpha value is -1.55. The molecule has 94 valence electrons. The third-order valence-electron chi connectivity index (χ3n) is 2.77. The molecule has 4 heteroatoms. The summed E-state index contributed by atoms with van der Waals surface area (Å²) in [4.78, 5) is 13.2. The summed E-state index contributed by atoms with van der Waals surface area (Å²) in [6, 6.07) is 9.51. The Balaban J connectivity index is 2.29. The van der Waals surface area contributed by atoms with Crippen LogP contribution in [0.1, 0.15) is 23.0 Å². The molecule has 2 rings (SSSR count). The summed E-state index contributed by atoms with van der Waals surface area (Å²) < 4.78 is 6.25. The largest absolute Gasteiger partial charge is 0.467 e. The van der Waals surface area contributed by atoms with Crippen LogP contribution in [0, 0.1) is 0 Å². The molecule has 0 saturated carbocycles. The van der Waals surface area contributed by atoms with Gasteiger partial charge in [-0.25, -0.2) is 0 Å². The van der Waals surface area contributed by atoms with Gasteiger partial charge in [0.25, 0.3) is 0 Å². The van der Waals surface area contributed by atoms with E-state index in [-0.39, 0.29) is 0 Å². The summed E-state index contributed by atoms with van der Waals surface area (Å²) in [6.45, 7) is 3.52. The SMILES string of the molecule is CCN(Cc1ccco1)c1ccc(Br)cc1C=O. The second-order valence-electron chi connectivity index (χ2n) is 3.91. The molecule has 0 aliphatic rings. The van der Waals surface area contributed by atoms with Gasteiger partial charge >= 0.3 is 0 Å². The van der Waals surface area contributed by atoms with Crippen molar-refractivity contribution in [3.8, 4) is 0 Å². The molecule has 2 aromatic rings. The van der Waals surface area contributed by atoms with Gasteiger partial charge in [0.1, 0.15) is 5.76 Å². The van der Waals surface area contributed by atoms with Crippen LogP contribution < -0.4 is 4.90 Å². The third kappa shape index (κ3) is 2.82. The number of carbonyl (C=O) groups is 1. The lowest BCUT2D eigenvalue weighted by molar-refractivity contribution is 0.112. The molecular formula is C14H14BrNO2. The summed E-state index contributed by atoms with van der Waals surface area (Å²) >= 11 is 3.37. The van der Waals surface area contributed by atoms with Gasteiger partial charge in [-0.15, -0.1) is 0 Å². The number of hydrogen-bond acceptors (Lipinski definition) is 3. The molecule has 0 aliphatic carbocycles. The lowest BCUT2D eigenvalue weighted by Crippen LogP contribution is -2.22. The van der Waals surface area contributed by atoms with E-state index in [2.05, 4.69) is 27.8 Å². The molecule has 0 atom stereocenters. The number of benzene rings is 1. The van der Waals surface area contributed by atoms with E-state index >= 15 is 0 Å². The first kappa shape index (κ1) is 12.9. The maximum atomic E-state index is 11.1. The van der Waals surface area contributed by atoms with Crippen molar-refractivity contribution in [1.29, 1.82) is 0 Å². The van der Waals surface area contributed by atoms with Crippen molar-refractivity contribution in [3.63, 3.8) is 0 Å². The Morgan fingerprint density at radius 2 is 2.22 bits per heavy atom. The minimum atomic E-state index is 0.659. The van der Waals surface area contributed by atoms with Crippen molar-refractivity contribution in [1.82, 2.24) is 0 Å². The van der Waals surface area contributed by atoms with E-state index in [9.17, 15) is 4.79 Å². The molecule has 1 heterocycles. The highest BCUT2D eigenvalue weighted by molar-refractivity contribution is 9.10. The van der Waals surface area contributed by atoms with E-state index < -0.39 is 0 Å². The van der Waals surface area contributed by atoms with Crippen LogP contribution in [-0.2, 0) is 6.54 Å². The van der Waals surface area contributed by atoms with Crippen LogP contribution in [0.2, 0.25) is 0 Å². The fourth-order valence-electron chi connectivity index (χ4n) is 1.87. The smallest absolute Gasteiger partial charge is 0.152 e. The highest BCUT2D eigenvalue weighted by Crippen LogP contribution is 2.24. The lowest BCUT2D eigenvalue weighted by Gasteiger charge is -2.23. The van der Waals surface area contributed by atoms with Gasteiger partial charge in [-0.3, -0.25) is 4.79 Å². The number of halogens is 1. The second-order valence-corrected chi connectivity index (χ2v) is 4.83. The number of rotatable bonds is 5. The molecular weight excluding hydrogens is 294 g/mol. The molecule has 1 aromatic carbocycles. The van der Waals surface area contributed by atoms with Crippen LogP contribution in [0.25, 0.3) is 0 Å². The molecule has 0 aliphatic heterocycles. The zero-order valence-electron chi connectivity index (χ0n) is 10.1. The summed E-state index contributed by atoms with van der Waals surface area (Å²) in [7, 11) is 0. The number of anilines is 1. The van der Waals surface area contributed by atoms with Crippen LogP contribution in [0.5, 0.6) is 0 Å². The normalized spacial score (nSPS) is 10.3. The summed E-state index contributed by atoms with van der Waals surface area (Å²) in [5, 5.41) is 0. The zero-order valence-corrected chi connectivity index (χ0v) is 11.7. The molecule has 0 unspecified atom stereocenters. The predicted molar refractivity (Wildman–Crippen MR) is 75.0 cm³/mol. The van der Waals surface area contributed by atoms with Crippen molar-refractivity contribution in [2.24, 2.45) is 0 Å². The molecule has 3 nitrogen and oxygen atoms in total. The Kier molecular flexibility index (Phi) is 4.20. The molecule has 0 N–H and O–H groups in total. The number of aldehydes is 1. The molecule has 1 aromatic heterocycles. The number of furan rings is 1. The van der Waals surface area contributed by atoms with E-state index in [1.165, 1.54) is 0 Å². The van der Waals surface area contributed by atoms with Gasteiger partial charge in [-0.1, -0.05) is 15.9 Å². The Morgan fingerprint density at radius 1 is 1.39 bits per heavy atom. The van der Waals surface area contributed by atoms with Crippen molar-refractivity contribution in [2.45, 2.75) is 13.5 Å². The summed E-state index contributed by atoms with van der Waals surface area (Å²) in [5.74, 6) is 0.886. The topological polar surface area (TPSA) is 33.5 Å². The van der Waals surface area contributed by atoms with Crippen molar-refractivity contribution >= 4 is 27.9 Å². The van der Waals surface area contributed by atoms with E-state index in [1.807, 2.05) is 30.3 Å². The number of carbonyl (C=O) groups excluding carboxylic acids is 1. The number of hydrogen-bond donors (Lipinski definition) is 0. The van der Waals surface area contributed by atoms with Crippen molar-refractivity contribution in [2.75, 3.05) is 11.4 Å². The number of nitrogens with zero attached hydrogens (tertiary/aromatic N) is 1. The van der Waals surface area contributed by atoms with Crippen LogP contribution in [0.15, 0.2) is 45.5 Å². The first-order valence-electron chi connectivity index (χ1n) is 5.76. The van der Waals surface area contributed by atoms with E-state index in [0.29, 0.717) is 12.1 Å². The lowest BCUT2D eigenvalue weighted by atomic mass is 10.1. The quantitative estimate of drug-likeness (QED) is 0.786. The van der Waals surface area contributed by atoms with Crippen LogP contribution in [0.3, 0.4) is 0 Å². The summed E-state index contributed by atoms with van der Waals surface area (Å²) in [5.41, 5.74) is 1.60. The van der Waals surface area contributed by atoms with E-state index in [0.717, 1.165) is 28.8 Å². The van der Waals surface area contributed by atoms with Gasteiger partial charge in [0.05, 0.1) is 12.8 Å². The van der Waals surface area contributed by atoms with Crippen molar-refractivity contribution in [3.05, 3.63) is 52.4 Å². The molecule has 18 heavy (non-hydrogen) atoms. The molecule has 0 bridgehead atoms. The second kappa shape index (κ2) is 5.87. The summed E-state index contributed by atoms with van der Waals surface area (Å²) in [6.07, 6.45) is 2.54. The van der Waals surface area contributed by atoms with Crippen molar-refractivity contribution < 1.29 is 9.21 Å². The van der Waals surface area contributed by atoms with Crippen LogP contribution >= 0.6 is 15.9 Å². The molecule has 0 fully saturated rings. The average molecular weight is 308 g/mol. The Bertz CT molecular complexity index is 523. The van der Waals surface area contributed by atoms with Gasteiger partial charge in [0.2, 0.25) is 0 Å². The molecule has 0 amide bonds. The zero-order chi connectivity index (χ0) is 13.0. The van der Waals surface area contributed by atoms with E-state index in [4.69, 9.17) is 4.42 Å². The molecule has 0 radical (unpaired) electrons. The van der Waals surface area contributed by atoms with Gasteiger partial charge in [-0.2, -0.15) is 0 Å². The maximum absolute atomic E-state index is 11.1. The van der Waals surface area contributed by atoms with Gasteiger partial charge in [-0.05, 0) is 37.3 Å². The monoisotopic (exact) mass is 307 g/mol. The average Bonchev–Trinajstić information content (AvgIpc) is 2.89.